The molecule has 2 aliphatic heterocycles. The largest absolute Gasteiger partial charge is 0.691 e. The molecule has 2 heterocycles. The topological polar surface area (TPSA) is 136 Å². The smallest absolute Gasteiger partial charge is 0.191 e. The van der Waals surface area contributed by atoms with Crippen LogP contribution in [-0.4, -0.2) is 166 Å². The molecule has 15 heteroatoms. The Morgan fingerprint density at radius 2 is 0.661 bits per heavy atom. The van der Waals surface area contributed by atoms with Crippen molar-refractivity contribution in [1.82, 2.24) is 0 Å². The number of nitrogens with zero attached hydrogens (tertiary/aromatic N) is 2. The minimum absolute atomic E-state index is 0. The van der Waals surface area contributed by atoms with Crippen molar-refractivity contribution in [2.24, 2.45) is 0 Å². The number of Topliss-reactive ketones (excluding diaryl/α,β-unsaturated/α-hetero) is 2. The van der Waals surface area contributed by atoms with E-state index in [0.717, 1.165) is 39.6 Å². The molecular weight excluding hydrogens is 877 g/mol. The Balaban J connectivity index is 0. The van der Waals surface area contributed by atoms with Crippen molar-refractivity contribution in [2.75, 3.05) is 132 Å². The van der Waals surface area contributed by atoms with Gasteiger partial charge in [0.25, 0.3) is 0 Å². The molecule has 0 saturated carbocycles. The minimum Gasteiger partial charge on any atom is -0.691 e. The number of rotatable bonds is 29. The number of methoxy groups -OCH3 is 6. The van der Waals surface area contributed by atoms with Crippen LogP contribution in [0, 0.1) is 0 Å². The standard InChI is InChI=1S/C20H32N2O4.2C12H27O3P.Tc/c1-17(2)13(15(23)19(5,6)25-17)11-21-9-10-22-12-14-16(24)20(7,8)26-18(14,3)4;2*1-13-7-4-10-16(11-5-8-14-2)12-6-9-15-3;/h11-12H,9-10H2,1-8H3,(H2,21,22,23,24);2*4-12H2,1-3H3;/i;;;1+1. The van der Waals surface area contributed by atoms with Gasteiger partial charge in [-0.05, 0) is 55.4 Å². The van der Waals surface area contributed by atoms with Gasteiger partial charge >= 0.3 is 0 Å². The molecule has 0 aliphatic carbocycles. The molecule has 0 aromatic carbocycles. The van der Waals surface area contributed by atoms with Crippen LogP contribution in [0.25, 0.3) is 10.6 Å². The Morgan fingerprint density at radius 3 is 0.831 bits per heavy atom. The van der Waals surface area contributed by atoms with Gasteiger partial charge in [0.15, 0.2) is 11.6 Å². The van der Waals surface area contributed by atoms with Gasteiger partial charge in [-0.25, -0.2) is 0 Å². The molecular formula is C44H86N2O10P2Tc. The van der Waals surface area contributed by atoms with Gasteiger partial charge in [0.2, 0.25) is 0 Å². The first-order valence-electron chi connectivity index (χ1n) is 21.3. The number of ether oxygens (including phenoxy) is 8. The van der Waals surface area contributed by atoms with Crippen LogP contribution < -0.4 is 0 Å². The number of hydrogen-bond acceptors (Lipinski definition) is 10. The van der Waals surface area contributed by atoms with E-state index in [0.29, 0.717) is 24.2 Å². The summed E-state index contributed by atoms with van der Waals surface area (Å²) in [4.78, 5) is 24.7. The van der Waals surface area contributed by atoms with E-state index in [1.807, 2.05) is 27.7 Å². The molecule has 349 valence electrons. The van der Waals surface area contributed by atoms with Gasteiger partial charge in [0.05, 0.1) is 48.2 Å². The summed E-state index contributed by atoms with van der Waals surface area (Å²) in [6.07, 6.45) is 18.7. The Kier molecular flexibility index (Phi) is 35.1. The first kappa shape index (κ1) is 60.7. The van der Waals surface area contributed by atoms with Crippen LogP contribution in [-0.2, 0) is 67.6 Å². The molecule has 2 saturated heterocycles. The maximum atomic E-state index is 12.4. The fourth-order valence-corrected chi connectivity index (χ4v) is 12.4. The molecule has 2 aliphatic rings. The van der Waals surface area contributed by atoms with Crippen molar-refractivity contribution in [3.05, 3.63) is 34.2 Å². The Labute approximate surface area is 376 Å². The van der Waals surface area contributed by atoms with E-state index in [-0.39, 0.29) is 47.5 Å². The average molecular weight is 964 g/mol. The number of hydrogen-bond donors (Lipinski definition) is 0. The molecule has 0 N–H and O–H groups in total. The number of carbonyl (C=O) groups excluding carboxylic acids is 2. The van der Waals surface area contributed by atoms with Crippen LogP contribution >= 0.6 is 15.8 Å². The van der Waals surface area contributed by atoms with Crippen LogP contribution in [0.2, 0.25) is 0 Å². The summed E-state index contributed by atoms with van der Waals surface area (Å²) in [5, 5.41) is 8.62. The van der Waals surface area contributed by atoms with Gasteiger partial charge in [-0.2, -0.15) is 12.4 Å². The molecule has 2 rings (SSSR count). The maximum absolute atomic E-state index is 12.4. The van der Waals surface area contributed by atoms with E-state index in [2.05, 4.69) is 10.6 Å². The SMILES string of the molecule is CC1(C)OC(C)(C)/C(=C/[N-]CC[N-]/C=C2\C(=O)C(C)(C)OC2(C)C)C1=O.COCCC[PH+](CCCOC)CCCOC.COCCC[PH+](CCCOC)CCCOC.[99Tc]. The van der Waals surface area contributed by atoms with Crippen LogP contribution in [0.15, 0.2) is 23.5 Å². The Hall–Kier alpha value is -0.391. The van der Waals surface area contributed by atoms with Crippen LogP contribution in [0.3, 0.4) is 0 Å². The number of ketones is 2. The Morgan fingerprint density at radius 1 is 0.441 bits per heavy atom. The summed E-state index contributed by atoms with van der Waals surface area (Å²) in [6, 6.07) is 0. The fourth-order valence-electron chi connectivity index (χ4n) is 7.08. The second-order valence-electron chi connectivity index (χ2n) is 16.9. The molecule has 0 spiro atoms. The first-order valence-corrected chi connectivity index (χ1v) is 25.5. The third-order valence-corrected chi connectivity index (χ3v) is 16.3. The zero-order valence-electron chi connectivity index (χ0n) is 39.7. The summed E-state index contributed by atoms with van der Waals surface area (Å²) in [5.74, 6) is -0.0778. The van der Waals surface area contributed by atoms with E-state index in [9.17, 15) is 9.59 Å². The van der Waals surface area contributed by atoms with Crippen molar-refractivity contribution in [1.29, 1.82) is 0 Å². The normalized spacial score (nSPS) is 18.8. The van der Waals surface area contributed by atoms with Crippen LogP contribution in [0.1, 0.15) is 93.9 Å². The van der Waals surface area contributed by atoms with E-state index < -0.39 is 22.4 Å². The summed E-state index contributed by atoms with van der Waals surface area (Å²) in [5.41, 5.74) is -1.79. The Bertz CT molecular complexity index is 1030. The molecule has 59 heavy (non-hydrogen) atoms. The molecule has 0 unspecified atom stereocenters. The van der Waals surface area contributed by atoms with Crippen molar-refractivity contribution in [2.45, 2.75) is 116 Å². The van der Waals surface area contributed by atoms with E-state index >= 15 is 0 Å². The molecule has 0 atom stereocenters. The van der Waals surface area contributed by atoms with Gasteiger partial charge in [0, 0.05) is 168 Å². The molecule has 0 bridgehead atoms. The van der Waals surface area contributed by atoms with Crippen molar-refractivity contribution in [3.8, 4) is 0 Å². The average Bonchev–Trinajstić information content (AvgIpc) is 3.42. The second-order valence-corrected chi connectivity index (χ2v) is 22.9. The van der Waals surface area contributed by atoms with Gasteiger partial charge in [-0.15, -0.1) is 13.1 Å². The third-order valence-electron chi connectivity index (χ3n) is 9.97. The molecule has 12 nitrogen and oxygen atoms in total. The van der Waals surface area contributed by atoms with Gasteiger partial charge in [-0.3, -0.25) is 9.59 Å². The maximum Gasteiger partial charge on any atom is 0.191 e. The zero-order chi connectivity index (χ0) is 44.1. The van der Waals surface area contributed by atoms with E-state index in [1.54, 1.807) is 82.8 Å². The van der Waals surface area contributed by atoms with Crippen LogP contribution in [0.5, 0.6) is 0 Å². The molecule has 0 amide bonds. The molecule has 1 radical (unpaired) electrons. The first-order chi connectivity index (χ1) is 27.4. The minimum atomic E-state index is -0.819. The van der Waals surface area contributed by atoms with E-state index in [4.69, 9.17) is 37.9 Å². The quantitative estimate of drug-likeness (QED) is 0.0409. The van der Waals surface area contributed by atoms with Crippen LogP contribution in [0.4, 0.5) is 0 Å². The second kappa shape index (κ2) is 34.1. The van der Waals surface area contributed by atoms with E-state index in [1.165, 1.54) is 75.5 Å². The molecule has 2 fully saturated rings. The monoisotopic (exact) mass is 963 g/mol. The summed E-state index contributed by atoms with van der Waals surface area (Å²) in [7, 11) is 10.3. The van der Waals surface area contributed by atoms with Gasteiger partial charge in [0.1, 0.15) is 11.2 Å². The molecule has 0 aromatic rings. The van der Waals surface area contributed by atoms with Gasteiger partial charge in [-0.1, -0.05) is 0 Å². The predicted octanol–water partition coefficient (Wildman–Crippen LogP) is 8.43. The predicted molar refractivity (Wildman–Crippen MR) is 246 cm³/mol. The zero-order valence-corrected chi connectivity index (χ0v) is 43.5. The van der Waals surface area contributed by atoms with Crippen molar-refractivity contribution < 1.29 is 67.6 Å². The summed E-state index contributed by atoms with van der Waals surface area (Å²) in [6.45, 7) is 20.8. The molecule has 0 aromatic heterocycles. The number of carbonyl (C=O) groups is 2. The summed E-state index contributed by atoms with van der Waals surface area (Å²) >= 11 is 0. The summed E-state index contributed by atoms with van der Waals surface area (Å²) < 4.78 is 42.3. The van der Waals surface area contributed by atoms with Crippen molar-refractivity contribution in [3.63, 3.8) is 0 Å². The fraction of sp³-hybridized carbons (Fsp3) is 0.864. The third kappa shape index (κ3) is 26.1. The van der Waals surface area contributed by atoms with Crippen molar-refractivity contribution >= 4 is 27.4 Å². The van der Waals surface area contributed by atoms with Gasteiger partial charge < -0.3 is 48.5 Å².